The van der Waals surface area contributed by atoms with Crippen LogP contribution in [0.25, 0.3) is 0 Å². The van der Waals surface area contributed by atoms with Crippen LogP contribution < -0.4 is 16.4 Å². The van der Waals surface area contributed by atoms with Crippen molar-refractivity contribution in [2.75, 3.05) is 26.2 Å². The van der Waals surface area contributed by atoms with Gasteiger partial charge in [-0.3, -0.25) is 9.69 Å². The van der Waals surface area contributed by atoms with Crippen LogP contribution in [0.15, 0.2) is 0 Å². The number of nitrogens with two attached hydrogens (primary N) is 1. The molecule has 29 heavy (non-hydrogen) atoms. The lowest BCUT2D eigenvalue weighted by molar-refractivity contribution is -0.135. The molecule has 4 fully saturated rings. The number of primary amides is 1. The number of nitrogens with zero attached hydrogens (tertiary/aromatic N) is 1. The van der Waals surface area contributed by atoms with Gasteiger partial charge in [0.1, 0.15) is 11.1 Å². The molecule has 3 saturated heterocycles. The Hall–Kier alpha value is -1.34. The molecule has 5 atom stereocenters. The van der Waals surface area contributed by atoms with Gasteiger partial charge >= 0.3 is 6.09 Å². The number of nitrogens with one attached hydrogen (secondary N) is 2. The molecule has 5 unspecified atom stereocenters. The number of piperidine rings is 2. The number of carbonyl (C=O) groups excluding carboxylic acids is 2. The molecule has 4 aliphatic rings. The molecule has 4 rings (SSSR count). The van der Waals surface area contributed by atoms with E-state index in [0.29, 0.717) is 30.2 Å². The summed E-state index contributed by atoms with van der Waals surface area (Å²) in [4.78, 5) is 26.9. The fourth-order valence-electron chi connectivity index (χ4n) is 6.02. The number of alkyl carbamates (subject to hydrolysis) is 1. The van der Waals surface area contributed by atoms with Crippen molar-refractivity contribution in [2.24, 2.45) is 29.4 Å². The average Bonchev–Trinajstić information content (AvgIpc) is 2.84. The molecule has 7 nitrogen and oxygen atoms in total. The Balaban J connectivity index is 1.57. The van der Waals surface area contributed by atoms with E-state index in [1.165, 1.54) is 0 Å². The summed E-state index contributed by atoms with van der Waals surface area (Å²) in [5.74, 6) is 1.84. The lowest BCUT2D eigenvalue weighted by atomic mass is 9.58. The lowest BCUT2D eigenvalue weighted by Crippen LogP contribution is -2.75. The second-order valence-electron chi connectivity index (χ2n) is 10.7. The average molecular weight is 409 g/mol. The summed E-state index contributed by atoms with van der Waals surface area (Å²) >= 11 is 0. The van der Waals surface area contributed by atoms with Crippen LogP contribution in [-0.4, -0.2) is 60.3 Å². The third-order valence-corrected chi connectivity index (χ3v) is 6.85. The molecule has 1 aliphatic carbocycles. The van der Waals surface area contributed by atoms with Crippen LogP contribution in [0.1, 0.15) is 60.3 Å². The highest BCUT2D eigenvalue weighted by molar-refractivity contribution is 5.87. The third kappa shape index (κ3) is 4.55. The van der Waals surface area contributed by atoms with Crippen molar-refractivity contribution < 1.29 is 14.3 Å². The summed E-state index contributed by atoms with van der Waals surface area (Å²) < 4.78 is 5.29. The molecule has 0 spiro atoms. The number of likely N-dealkylation sites (tertiary alicyclic amines) is 1. The van der Waals surface area contributed by atoms with E-state index in [4.69, 9.17) is 10.5 Å². The molecule has 4 bridgehead atoms. The van der Waals surface area contributed by atoms with Gasteiger partial charge in [-0.1, -0.05) is 20.3 Å². The van der Waals surface area contributed by atoms with Crippen molar-refractivity contribution in [2.45, 2.75) is 77.5 Å². The first-order chi connectivity index (χ1) is 13.5. The number of ether oxygens (including phenoxy) is 1. The van der Waals surface area contributed by atoms with Crippen LogP contribution in [0.4, 0.5) is 4.79 Å². The summed E-state index contributed by atoms with van der Waals surface area (Å²) in [5, 5.41) is 6.42. The molecular weight excluding hydrogens is 368 g/mol. The number of hydrogen-bond donors (Lipinski definition) is 3. The Morgan fingerprint density at radius 1 is 1.31 bits per heavy atom. The predicted molar refractivity (Wildman–Crippen MR) is 113 cm³/mol. The van der Waals surface area contributed by atoms with Crippen molar-refractivity contribution in [3.63, 3.8) is 0 Å². The van der Waals surface area contributed by atoms with Crippen LogP contribution in [-0.2, 0) is 9.53 Å². The number of fused-ring (bicyclic) bond motifs is 1. The van der Waals surface area contributed by atoms with E-state index in [1.807, 2.05) is 20.8 Å². The summed E-state index contributed by atoms with van der Waals surface area (Å²) in [6, 6.07) is 0.207. The maximum atomic E-state index is 12.6. The van der Waals surface area contributed by atoms with Gasteiger partial charge in [0, 0.05) is 31.6 Å². The topological polar surface area (TPSA) is 96.7 Å². The number of unbranched alkanes of at least 4 members (excludes halogenated alkanes) is 1. The van der Waals surface area contributed by atoms with Gasteiger partial charge in [-0.05, 0) is 64.3 Å². The number of carbonyl (C=O) groups is 2. The zero-order chi connectivity index (χ0) is 21.4. The molecule has 0 aromatic heterocycles. The van der Waals surface area contributed by atoms with Gasteiger partial charge in [0.2, 0.25) is 5.91 Å². The second-order valence-corrected chi connectivity index (χ2v) is 10.7. The van der Waals surface area contributed by atoms with Crippen LogP contribution >= 0.6 is 0 Å². The molecule has 3 heterocycles. The number of hydrogen-bond acceptors (Lipinski definition) is 5. The highest BCUT2D eigenvalue weighted by atomic mass is 16.6. The number of amides is 2. The van der Waals surface area contributed by atoms with Crippen LogP contribution in [0.5, 0.6) is 0 Å². The Morgan fingerprint density at radius 3 is 2.66 bits per heavy atom. The van der Waals surface area contributed by atoms with E-state index in [9.17, 15) is 9.59 Å². The van der Waals surface area contributed by atoms with Crippen LogP contribution in [0.3, 0.4) is 0 Å². The molecule has 2 amide bonds. The monoisotopic (exact) mass is 408 g/mol. The third-order valence-electron chi connectivity index (χ3n) is 6.85. The second kappa shape index (κ2) is 8.42. The predicted octanol–water partition coefficient (Wildman–Crippen LogP) is 2.10. The van der Waals surface area contributed by atoms with E-state index in [0.717, 1.165) is 45.3 Å². The van der Waals surface area contributed by atoms with Crippen molar-refractivity contribution in [1.82, 2.24) is 15.5 Å². The van der Waals surface area contributed by atoms with Crippen molar-refractivity contribution >= 4 is 12.0 Å². The molecule has 3 aliphatic heterocycles. The molecular formula is C22H40N4O3. The maximum Gasteiger partial charge on any atom is 0.407 e. The molecule has 4 N–H and O–H groups in total. The van der Waals surface area contributed by atoms with Gasteiger partial charge in [-0.15, -0.1) is 0 Å². The Labute approximate surface area is 175 Å². The minimum atomic E-state index is -0.553. The zero-order valence-corrected chi connectivity index (χ0v) is 18.8. The van der Waals surface area contributed by atoms with Crippen molar-refractivity contribution in [1.29, 1.82) is 0 Å². The van der Waals surface area contributed by atoms with Crippen LogP contribution in [0, 0.1) is 23.7 Å². The van der Waals surface area contributed by atoms with Gasteiger partial charge < -0.3 is 21.1 Å². The van der Waals surface area contributed by atoms with Gasteiger partial charge in [-0.2, -0.15) is 0 Å². The van der Waals surface area contributed by atoms with Gasteiger partial charge in [0.05, 0.1) is 0 Å². The van der Waals surface area contributed by atoms with E-state index >= 15 is 0 Å². The molecule has 7 heteroatoms. The summed E-state index contributed by atoms with van der Waals surface area (Å²) in [6.45, 7) is 13.6. The first-order valence-electron chi connectivity index (χ1n) is 11.3. The van der Waals surface area contributed by atoms with Gasteiger partial charge in [0.15, 0.2) is 0 Å². The van der Waals surface area contributed by atoms with Gasteiger partial charge in [-0.25, -0.2) is 4.79 Å². The van der Waals surface area contributed by atoms with E-state index in [1.54, 1.807) is 0 Å². The summed E-state index contributed by atoms with van der Waals surface area (Å²) in [6.07, 6.45) is 3.76. The molecule has 0 radical (unpaired) electrons. The van der Waals surface area contributed by atoms with Crippen molar-refractivity contribution in [3.05, 3.63) is 0 Å². The SMILES string of the molecule is CC(C)CN1CC2CC3CNC2(C(N)=O)C1C3CCCCNC(=O)OC(C)(C)C. The largest absolute Gasteiger partial charge is 0.444 e. The fourth-order valence-corrected chi connectivity index (χ4v) is 6.02. The summed E-state index contributed by atoms with van der Waals surface area (Å²) in [7, 11) is 0. The van der Waals surface area contributed by atoms with E-state index < -0.39 is 11.1 Å². The quantitative estimate of drug-likeness (QED) is 0.535. The Kier molecular flexibility index (Phi) is 6.49. The minimum Gasteiger partial charge on any atom is -0.444 e. The first-order valence-corrected chi connectivity index (χ1v) is 11.3. The normalized spacial score (nSPS) is 33.9. The van der Waals surface area contributed by atoms with Crippen molar-refractivity contribution in [3.8, 4) is 0 Å². The molecule has 166 valence electrons. The maximum absolute atomic E-state index is 12.6. The minimum absolute atomic E-state index is 0.173. The fraction of sp³-hybridized carbons (Fsp3) is 0.909. The molecule has 0 aromatic carbocycles. The van der Waals surface area contributed by atoms with Gasteiger partial charge in [0.25, 0.3) is 0 Å². The smallest absolute Gasteiger partial charge is 0.407 e. The Morgan fingerprint density at radius 2 is 2.03 bits per heavy atom. The zero-order valence-electron chi connectivity index (χ0n) is 18.8. The summed E-state index contributed by atoms with van der Waals surface area (Å²) in [5.41, 5.74) is 4.96. The van der Waals surface area contributed by atoms with Crippen LogP contribution in [0.2, 0.25) is 0 Å². The lowest BCUT2D eigenvalue weighted by Gasteiger charge is -2.55. The van der Waals surface area contributed by atoms with E-state index in [2.05, 4.69) is 29.4 Å². The number of rotatable bonds is 8. The Bertz CT molecular complexity index is 618. The highest BCUT2D eigenvalue weighted by Crippen LogP contribution is 2.53. The first kappa shape index (κ1) is 22.3. The van der Waals surface area contributed by atoms with E-state index in [-0.39, 0.29) is 18.0 Å². The standard InChI is InChI=1S/C22H40N4O3/c1-14(2)12-26-13-16-10-15-11-25-22(16,19(23)27)18(26)17(15)8-6-7-9-24-20(28)29-21(3,4)5/h14-18,25H,6-13H2,1-5H3,(H2,23,27)(H,24,28). The molecule has 1 saturated carbocycles. The highest BCUT2D eigenvalue weighted by Gasteiger charge is 2.67. The molecule has 0 aromatic rings.